The van der Waals surface area contributed by atoms with Crippen LogP contribution in [0.1, 0.15) is 0 Å². The average Bonchev–Trinajstić information content (AvgIpc) is 3.09. The Morgan fingerprint density at radius 1 is 0.931 bits per heavy atom. The summed E-state index contributed by atoms with van der Waals surface area (Å²) in [6.45, 7) is 0. The number of amides is 1. The Balaban J connectivity index is 1.83. The van der Waals surface area contributed by atoms with Crippen molar-refractivity contribution in [2.45, 2.75) is 4.90 Å². The standard InChI is InChI=1S/C20H13NO6S2/c22-19(26-15-7-3-1-4-8-15)21(29(24,25)16-9-5-2-6-10-16)14-11-12-17-18(13-14)28-20(23)27-17/h1-13H. The van der Waals surface area contributed by atoms with Gasteiger partial charge >= 0.3 is 11.0 Å². The summed E-state index contributed by atoms with van der Waals surface area (Å²) in [4.78, 5) is 23.8. The Morgan fingerprint density at radius 3 is 2.28 bits per heavy atom. The van der Waals surface area contributed by atoms with Gasteiger partial charge in [0.05, 0.1) is 15.3 Å². The number of anilines is 1. The lowest BCUT2D eigenvalue weighted by Crippen LogP contribution is -2.39. The third kappa shape index (κ3) is 3.78. The predicted octanol–water partition coefficient (Wildman–Crippen LogP) is 4.25. The van der Waals surface area contributed by atoms with Gasteiger partial charge in [-0.05, 0) is 42.5 Å². The van der Waals surface area contributed by atoms with Crippen LogP contribution in [0.3, 0.4) is 0 Å². The Morgan fingerprint density at radius 2 is 1.59 bits per heavy atom. The van der Waals surface area contributed by atoms with Crippen molar-refractivity contribution in [3.8, 4) is 5.75 Å². The van der Waals surface area contributed by atoms with E-state index in [1.165, 1.54) is 42.5 Å². The summed E-state index contributed by atoms with van der Waals surface area (Å²) in [5.74, 6) is 0.194. The van der Waals surface area contributed by atoms with Crippen LogP contribution in [0, 0.1) is 0 Å². The molecule has 7 nitrogen and oxygen atoms in total. The molecule has 0 fully saturated rings. The number of benzene rings is 3. The second-order valence-corrected chi connectivity index (χ2v) is 8.61. The van der Waals surface area contributed by atoms with Gasteiger partial charge in [0.1, 0.15) is 11.3 Å². The summed E-state index contributed by atoms with van der Waals surface area (Å²) in [6, 6.07) is 19.9. The minimum absolute atomic E-state index is 0.0272. The molecule has 0 saturated carbocycles. The molecular formula is C20H13NO6S2. The van der Waals surface area contributed by atoms with Gasteiger partial charge in [-0.1, -0.05) is 47.7 Å². The quantitative estimate of drug-likeness (QED) is 0.483. The maximum absolute atomic E-state index is 13.2. The number of nitrogens with zero attached hydrogens (tertiary/aromatic N) is 1. The van der Waals surface area contributed by atoms with Crippen molar-refractivity contribution < 1.29 is 22.4 Å². The van der Waals surface area contributed by atoms with E-state index in [0.717, 1.165) is 11.3 Å². The Kier molecular flexibility index (Phi) is 4.91. The molecule has 0 saturated heterocycles. The van der Waals surface area contributed by atoms with Crippen LogP contribution in [-0.4, -0.2) is 14.5 Å². The fourth-order valence-electron chi connectivity index (χ4n) is 2.66. The zero-order valence-electron chi connectivity index (χ0n) is 14.7. The SMILES string of the molecule is O=C(Oc1ccccc1)N(c1ccc2oc(=O)sc2c1)S(=O)(=O)c1ccccc1. The molecule has 0 aliphatic heterocycles. The molecule has 4 rings (SSSR count). The van der Waals surface area contributed by atoms with E-state index in [2.05, 4.69) is 0 Å². The lowest BCUT2D eigenvalue weighted by molar-refractivity contribution is 0.211. The molecule has 29 heavy (non-hydrogen) atoms. The maximum atomic E-state index is 13.2. The minimum atomic E-state index is -4.28. The molecular weight excluding hydrogens is 414 g/mol. The first kappa shape index (κ1) is 18.9. The van der Waals surface area contributed by atoms with Crippen LogP contribution in [0.15, 0.2) is 93.0 Å². The van der Waals surface area contributed by atoms with Crippen LogP contribution >= 0.6 is 11.3 Å². The lowest BCUT2D eigenvalue weighted by atomic mass is 10.3. The van der Waals surface area contributed by atoms with E-state index in [1.54, 1.807) is 36.4 Å². The van der Waals surface area contributed by atoms with Gasteiger partial charge in [0.2, 0.25) is 0 Å². The van der Waals surface area contributed by atoms with Crippen LogP contribution in [0.4, 0.5) is 10.5 Å². The highest BCUT2D eigenvalue weighted by molar-refractivity contribution is 7.93. The van der Waals surface area contributed by atoms with Crippen molar-refractivity contribution in [3.05, 3.63) is 88.6 Å². The number of carbonyl (C=O) groups is 1. The number of rotatable bonds is 4. The van der Waals surface area contributed by atoms with E-state index in [9.17, 15) is 18.0 Å². The monoisotopic (exact) mass is 427 g/mol. The number of sulfonamides is 1. The third-order valence-corrected chi connectivity index (χ3v) is 6.44. The van der Waals surface area contributed by atoms with Gasteiger partial charge in [0.25, 0.3) is 10.0 Å². The summed E-state index contributed by atoms with van der Waals surface area (Å²) in [7, 11) is -4.28. The van der Waals surface area contributed by atoms with E-state index in [4.69, 9.17) is 9.15 Å². The summed E-state index contributed by atoms with van der Waals surface area (Å²) in [5.41, 5.74) is 0.330. The number of para-hydroxylation sites is 1. The highest BCUT2D eigenvalue weighted by atomic mass is 32.2. The number of fused-ring (bicyclic) bond motifs is 1. The molecule has 3 aromatic carbocycles. The predicted molar refractivity (Wildman–Crippen MR) is 109 cm³/mol. The van der Waals surface area contributed by atoms with Crippen molar-refractivity contribution >= 4 is 43.4 Å². The van der Waals surface area contributed by atoms with Crippen molar-refractivity contribution in [2.75, 3.05) is 4.31 Å². The molecule has 1 amide bonds. The van der Waals surface area contributed by atoms with Crippen molar-refractivity contribution in [3.63, 3.8) is 0 Å². The Labute approximate surface area is 169 Å². The van der Waals surface area contributed by atoms with Crippen LogP contribution in [0.2, 0.25) is 0 Å². The normalized spacial score (nSPS) is 11.3. The fraction of sp³-hybridized carbons (Fsp3) is 0. The van der Waals surface area contributed by atoms with E-state index < -0.39 is 21.1 Å². The van der Waals surface area contributed by atoms with Gasteiger partial charge < -0.3 is 9.15 Å². The van der Waals surface area contributed by atoms with Crippen LogP contribution in [0.5, 0.6) is 5.75 Å². The van der Waals surface area contributed by atoms with E-state index in [-0.39, 0.29) is 16.3 Å². The van der Waals surface area contributed by atoms with Crippen molar-refractivity contribution in [1.82, 2.24) is 0 Å². The van der Waals surface area contributed by atoms with Crippen LogP contribution in [-0.2, 0) is 10.0 Å². The number of carbonyl (C=O) groups excluding carboxylic acids is 1. The zero-order chi connectivity index (χ0) is 20.4. The van der Waals surface area contributed by atoms with E-state index in [1.807, 2.05) is 0 Å². The van der Waals surface area contributed by atoms with Gasteiger partial charge in [-0.3, -0.25) is 0 Å². The topological polar surface area (TPSA) is 93.9 Å². The molecule has 0 bridgehead atoms. The molecule has 1 heterocycles. The Hall–Kier alpha value is -3.43. The highest BCUT2D eigenvalue weighted by Crippen LogP contribution is 2.29. The highest BCUT2D eigenvalue weighted by Gasteiger charge is 2.33. The second kappa shape index (κ2) is 7.53. The number of hydrogen-bond acceptors (Lipinski definition) is 7. The van der Waals surface area contributed by atoms with Gasteiger partial charge in [-0.25, -0.2) is 18.0 Å². The van der Waals surface area contributed by atoms with Crippen molar-refractivity contribution in [2.24, 2.45) is 0 Å². The van der Waals surface area contributed by atoms with Crippen LogP contribution < -0.4 is 14.0 Å². The van der Waals surface area contributed by atoms with E-state index >= 15 is 0 Å². The summed E-state index contributed by atoms with van der Waals surface area (Å²) >= 11 is 0.810. The van der Waals surface area contributed by atoms with Gasteiger partial charge in [-0.15, -0.1) is 0 Å². The number of hydrogen-bond donors (Lipinski definition) is 0. The smallest absolute Gasteiger partial charge is 0.414 e. The molecule has 0 N–H and O–H groups in total. The molecule has 4 aromatic rings. The molecule has 0 aliphatic rings. The first-order valence-corrected chi connectivity index (χ1v) is 10.6. The van der Waals surface area contributed by atoms with Gasteiger partial charge in [0, 0.05) is 0 Å². The average molecular weight is 427 g/mol. The molecule has 9 heteroatoms. The molecule has 0 atom stereocenters. The van der Waals surface area contributed by atoms with Gasteiger partial charge in [-0.2, -0.15) is 4.31 Å². The van der Waals surface area contributed by atoms with Crippen LogP contribution in [0.25, 0.3) is 10.3 Å². The second-order valence-electron chi connectivity index (χ2n) is 5.85. The zero-order valence-corrected chi connectivity index (χ0v) is 16.4. The molecule has 1 aromatic heterocycles. The minimum Gasteiger partial charge on any atom is -0.414 e. The van der Waals surface area contributed by atoms with E-state index in [0.29, 0.717) is 14.6 Å². The largest absolute Gasteiger partial charge is 0.434 e. The fourth-order valence-corrected chi connectivity index (χ4v) is 4.70. The third-order valence-electron chi connectivity index (χ3n) is 3.94. The molecule has 0 radical (unpaired) electrons. The Bertz CT molecular complexity index is 1330. The lowest BCUT2D eigenvalue weighted by Gasteiger charge is -2.22. The molecule has 0 unspecified atom stereocenters. The van der Waals surface area contributed by atoms with Crippen molar-refractivity contribution in [1.29, 1.82) is 0 Å². The molecule has 146 valence electrons. The summed E-state index contributed by atoms with van der Waals surface area (Å²) < 4.78 is 37.8. The first-order chi connectivity index (χ1) is 13.9. The first-order valence-electron chi connectivity index (χ1n) is 8.36. The van der Waals surface area contributed by atoms with Gasteiger partial charge in [0.15, 0.2) is 0 Å². The number of ether oxygens (including phenoxy) is 1. The summed E-state index contributed by atoms with van der Waals surface area (Å²) in [6.07, 6.45) is -1.10. The molecule has 0 aliphatic carbocycles. The maximum Gasteiger partial charge on any atom is 0.434 e. The summed E-state index contributed by atoms with van der Waals surface area (Å²) in [5, 5.41) is 0. The molecule has 0 spiro atoms.